The van der Waals surface area contributed by atoms with Crippen molar-refractivity contribution in [2.75, 3.05) is 6.54 Å². The van der Waals surface area contributed by atoms with Crippen LogP contribution in [0.15, 0.2) is 18.5 Å². The van der Waals surface area contributed by atoms with E-state index >= 15 is 0 Å². The topological polar surface area (TPSA) is 45.1 Å². The molecule has 0 saturated heterocycles. The van der Waals surface area contributed by atoms with Gasteiger partial charge < -0.3 is 10.4 Å². The Balaban J connectivity index is 1.92. The van der Waals surface area contributed by atoms with Gasteiger partial charge in [0.25, 0.3) is 0 Å². The summed E-state index contributed by atoms with van der Waals surface area (Å²) in [6, 6.07) is 1.54. The zero-order valence-corrected chi connectivity index (χ0v) is 11.9. The predicted octanol–water partition coefficient (Wildman–Crippen LogP) is 2.67. The zero-order chi connectivity index (χ0) is 14.0. The second-order valence-electron chi connectivity index (χ2n) is 6.09. The van der Waals surface area contributed by atoms with Crippen molar-refractivity contribution in [3.63, 3.8) is 0 Å². The minimum atomic E-state index is -0.311. The van der Waals surface area contributed by atoms with Crippen LogP contribution in [0.4, 0.5) is 4.39 Å². The number of pyridine rings is 1. The van der Waals surface area contributed by atoms with Gasteiger partial charge in [-0.05, 0) is 37.3 Å². The molecule has 1 aromatic heterocycles. The van der Waals surface area contributed by atoms with Crippen LogP contribution in [0.1, 0.15) is 45.2 Å². The lowest BCUT2D eigenvalue weighted by molar-refractivity contribution is 0.0491. The van der Waals surface area contributed by atoms with Crippen molar-refractivity contribution < 1.29 is 9.50 Å². The fourth-order valence-corrected chi connectivity index (χ4v) is 2.58. The Kier molecular flexibility index (Phi) is 4.21. The Morgan fingerprint density at radius 2 is 2.05 bits per heavy atom. The van der Waals surface area contributed by atoms with Crippen LogP contribution in [0.25, 0.3) is 0 Å². The van der Waals surface area contributed by atoms with Crippen LogP contribution in [-0.4, -0.2) is 22.7 Å². The van der Waals surface area contributed by atoms with Crippen LogP contribution >= 0.6 is 0 Å². The summed E-state index contributed by atoms with van der Waals surface area (Å²) in [4.78, 5) is 3.86. The van der Waals surface area contributed by atoms with Gasteiger partial charge in [-0.2, -0.15) is 0 Å². The Bertz CT molecular complexity index is 432. The molecule has 1 fully saturated rings. The van der Waals surface area contributed by atoms with Gasteiger partial charge >= 0.3 is 0 Å². The van der Waals surface area contributed by atoms with Gasteiger partial charge in [-0.25, -0.2) is 4.39 Å². The van der Waals surface area contributed by atoms with Crippen LogP contribution in [0.3, 0.4) is 0 Å². The molecule has 2 N–H and O–H groups in total. The van der Waals surface area contributed by atoms with Gasteiger partial charge in [-0.3, -0.25) is 4.98 Å². The summed E-state index contributed by atoms with van der Waals surface area (Å²) >= 11 is 0. The van der Waals surface area contributed by atoms with Crippen molar-refractivity contribution in [1.82, 2.24) is 10.3 Å². The first-order valence-electron chi connectivity index (χ1n) is 6.96. The minimum Gasteiger partial charge on any atom is -0.392 e. The van der Waals surface area contributed by atoms with Gasteiger partial charge in [0.15, 0.2) is 0 Å². The summed E-state index contributed by atoms with van der Waals surface area (Å²) in [6.45, 7) is 6.85. The van der Waals surface area contributed by atoms with Gasteiger partial charge in [-0.1, -0.05) is 13.8 Å². The third-order valence-corrected chi connectivity index (χ3v) is 4.14. The highest BCUT2D eigenvalue weighted by molar-refractivity contribution is 5.14. The largest absolute Gasteiger partial charge is 0.392 e. The number of rotatable bonds is 6. The molecule has 1 aliphatic rings. The van der Waals surface area contributed by atoms with E-state index in [9.17, 15) is 9.50 Å². The number of aromatic nitrogens is 1. The first-order valence-corrected chi connectivity index (χ1v) is 6.96. The third-order valence-electron chi connectivity index (χ3n) is 4.14. The number of halogens is 1. The van der Waals surface area contributed by atoms with Gasteiger partial charge in [0, 0.05) is 24.2 Å². The molecular formula is C15H23FN2O. The molecule has 1 heterocycles. The Hall–Kier alpha value is -1.00. The molecular weight excluding hydrogens is 243 g/mol. The van der Waals surface area contributed by atoms with Crippen molar-refractivity contribution in [3.8, 4) is 0 Å². The number of aliphatic hydroxyl groups excluding tert-OH is 1. The Labute approximate surface area is 114 Å². The second-order valence-corrected chi connectivity index (χ2v) is 6.09. The highest BCUT2D eigenvalue weighted by atomic mass is 19.1. The molecule has 106 valence electrons. The SMILES string of the molecule is CC(C)[C@H](O)C1(CN[C@@H](C)c2cncc(F)c2)CC1. The molecule has 0 amide bonds. The molecule has 0 spiro atoms. The van der Waals surface area contributed by atoms with E-state index in [1.54, 1.807) is 6.20 Å². The average Bonchev–Trinajstić information content (AvgIpc) is 3.16. The predicted molar refractivity (Wildman–Crippen MR) is 73.1 cm³/mol. The van der Waals surface area contributed by atoms with E-state index in [0.717, 1.165) is 24.9 Å². The third kappa shape index (κ3) is 3.31. The number of hydrogen-bond donors (Lipinski definition) is 2. The van der Waals surface area contributed by atoms with Crippen molar-refractivity contribution in [2.24, 2.45) is 11.3 Å². The molecule has 2 rings (SSSR count). The van der Waals surface area contributed by atoms with Crippen molar-refractivity contribution >= 4 is 0 Å². The summed E-state index contributed by atoms with van der Waals surface area (Å²) in [6.07, 6.45) is 4.75. The summed E-state index contributed by atoms with van der Waals surface area (Å²) in [7, 11) is 0. The zero-order valence-electron chi connectivity index (χ0n) is 11.9. The monoisotopic (exact) mass is 266 g/mol. The highest BCUT2D eigenvalue weighted by Gasteiger charge is 2.49. The average molecular weight is 266 g/mol. The summed E-state index contributed by atoms with van der Waals surface area (Å²) in [5.41, 5.74) is 0.859. The maximum absolute atomic E-state index is 13.1. The lowest BCUT2D eigenvalue weighted by Crippen LogP contribution is -2.37. The van der Waals surface area contributed by atoms with E-state index in [2.05, 4.69) is 10.3 Å². The molecule has 0 unspecified atom stereocenters. The van der Waals surface area contributed by atoms with E-state index in [4.69, 9.17) is 0 Å². The molecule has 4 heteroatoms. The van der Waals surface area contributed by atoms with Gasteiger partial charge in [0.05, 0.1) is 12.3 Å². The quantitative estimate of drug-likeness (QED) is 0.832. The van der Waals surface area contributed by atoms with Gasteiger partial charge in [0.2, 0.25) is 0 Å². The first kappa shape index (κ1) is 14.4. The number of hydrogen-bond acceptors (Lipinski definition) is 3. The number of nitrogens with zero attached hydrogens (tertiary/aromatic N) is 1. The standard InChI is InChI=1S/C15H23FN2O/c1-10(2)14(19)15(4-5-15)9-18-11(3)12-6-13(16)8-17-7-12/h6-8,10-11,14,18-19H,4-5,9H2,1-3H3/t11-,14-/m0/s1. The normalized spacial score (nSPS) is 20.3. The molecule has 1 aliphatic carbocycles. The summed E-state index contributed by atoms with van der Waals surface area (Å²) < 4.78 is 13.1. The van der Waals surface area contributed by atoms with Crippen LogP contribution in [0.2, 0.25) is 0 Å². The number of aliphatic hydroxyl groups is 1. The molecule has 0 aromatic carbocycles. The van der Waals surface area contributed by atoms with Gasteiger partial charge in [0.1, 0.15) is 5.82 Å². The molecule has 0 radical (unpaired) electrons. The minimum absolute atomic E-state index is 0.0170. The van der Waals surface area contributed by atoms with Crippen molar-refractivity contribution in [1.29, 1.82) is 0 Å². The van der Waals surface area contributed by atoms with E-state index in [0.29, 0.717) is 0 Å². The van der Waals surface area contributed by atoms with E-state index in [-0.39, 0.29) is 29.3 Å². The van der Waals surface area contributed by atoms with E-state index in [1.165, 1.54) is 12.3 Å². The van der Waals surface area contributed by atoms with Crippen molar-refractivity contribution in [3.05, 3.63) is 29.8 Å². The molecule has 0 aliphatic heterocycles. The molecule has 2 atom stereocenters. The van der Waals surface area contributed by atoms with E-state index < -0.39 is 0 Å². The highest BCUT2D eigenvalue weighted by Crippen LogP contribution is 2.50. The van der Waals surface area contributed by atoms with E-state index in [1.807, 2.05) is 20.8 Å². The Morgan fingerprint density at radius 3 is 2.58 bits per heavy atom. The second kappa shape index (κ2) is 5.55. The molecule has 1 saturated carbocycles. The number of nitrogens with one attached hydrogen (secondary N) is 1. The first-order chi connectivity index (χ1) is 8.94. The fraction of sp³-hybridized carbons (Fsp3) is 0.667. The molecule has 1 aromatic rings. The van der Waals surface area contributed by atoms with Crippen LogP contribution < -0.4 is 5.32 Å². The van der Waals surface area contributed by atoms with Crippen LogP contribution in [0, 0.1) is 17.2 Å². The molecule has 0 bridgehead atoms. The maximum atomic E-state index is 13.1. The lowest BCUT2D eigenvalue weighted by atomic mass is 9.90. The van der Waals surface area contributed by atoms with Gasteiger partial charge in [-0.15, -0.1) is 0 Å². The van der Waals surface area contributed by atoms with Crippen LogP contribution in [-0.2, 0) is 0 Å². The maximum Gasteiger partial charge on any atom is 0.141 e. The lowest BCUT2D eigenvalue weighted by Gasteiger charge is -2.27. The smallest absolute Gasteiger partial charge is 0.141 e. The summed E-state index contributed by atoms with van der Waals surface area (Å²) in [5.74, 6) is -0.0371. The Morgan fingerprint density at radius 1 is 1.37 bits per heavy atom. The molecule has 3 nitrogen and oxygen atoms in total. The summed E-state index contributed by atoms with van der Waals surface area (Å²) in [5, 5.41) is 13.6. The van der Waals surface area contributed by atoms with Crippen LogP contribution in [0.5, 0.6) is 0 Å². The molecule has 19 heavy (non-hydrogen) atoms. The fourth-order valence-electron chi connectivity index (χ4n) is 2.58. The van der Waals surface area contributed by atoms with Crippen molar-refractivity contribution in [2.45, 2.75) is 45.8 Å².